The van der Waals surface area contributed by atoms with E-state index in [2.05, 4.69) is 0 Å². The topological polar surface area (TPSA) is 102 Å². The van der Waals surface area contributed by atoms with Crippen LogP contribution in [-0.2, 0) is 0 Å². The maximum atomic E-state index is 8.09. The van der Waals surface area contributed by atoms with Gasteiger partial charge in [-0.15, -0.1) is 0 Å². The van der Waals surface area contributed by atoms with Gasteiger partial charge in [0.1, 0.15) is 11.8 Å². The van der Waals surface area contributed by atoms with Crippen LogP contribution in [-0.4, -0.2) is 0 Å². The third-order valence-corrected chi connectivity index (χ3v) is 0.584. The second kappa shape index (κ2) is 3.38. The van der Waals surface area contributed by atoms with Crippen LogP contribution in [0, 0.1) is 11.3 Å². The van der Waals surface area contributed by atoms with Crippen molar-refractivity contribution in [2.24, 2.45) is 17.2 Å². The first-order valence-electron chi connectivity index (χ1n) is 2.25. The van der Waals surface area contributed by atoms with E-state index in [4.69, 9.17) is 22.5 Å². The Labute approximate surface area is 53.2 Å². The van der Waals surface area contributed by atoms with Gasteiger partial charge in [-0.25, -0.2) is 0 Å². The van der Waals surface area contributed by atoms with Crippen LogP contribution in [0.4, 0.5) is 0 Å². The van der Waals surface area contributed by atoms with Crippen LogP contribution in [0.5, 0.6) is 0 Å². The molecule has 0 aliphatic rings. The molecule has 0 radical (unpaired) electrons. The second-order valence-electron chi connectivity index (χ2n) is 1.40. The Bertz CT molecular complexity index is 180. The molecule has 0 rings (SSSR count). The molecule has 0 aromatic heterocycles. The number of hydrogen-bond acceptors (Lipinski definition) is 4. The van der Waals surface area contributed by atoms with E-state index in [0.29, 0.717) is 0 Å². The Balaban J connectivity index is 4.03. The Morgan fingerprint density at radius 3 is 2.11 bits per heavy atom. The van der Waals surface area contributed by atoms with Gasteiger partial charge in [-0.1, -0.05) is 0 Å². The van der Waals surface area contributed by atoms with Crippen molar-refractivity contribution in [3.05, 3.63) is 23.7 Å². The van der Waals surface area contributed by atoms with E-state index in [-0.39, 0.29) is 11.5 Å². The van der Waals surface area contributed by atoms with Gasteiger partial charge in [0.15, 0.2) is 0 Å². The van der Waals surface area contributed by atoms with Crippen molar-refractivity contribution in [1.82, 2.24) is 0 Å². The lowest BCUT2D eigenvalue weighted by molar-refractivity contribution is 1.25. The lowest BCUT2D eigenvalue weighted by Crippen LogP contribution is -2.07. The fraction of sp³-hybridized carbons (Fsp3) is 0. The van der Waals surface area contributed by atoms with Gasteiger partial charge in [0.05, 0.1) is 5.82 Å². The van der Waals surface area contributed by atoms with Crippen molar-refractivity contribution in [3.8, 4) is 6.07 Å². The van der Waals surface area contributed by atoms with E-state index < -0.39 is 0 Å². The minimum absolute atomic E-state index is 0.0865. The fourth-order valence-corrected chi connectivity index (χ4v) is 0.223. The Kier molecular flexibility index (Phi) is 2.77. The molecule has 4 heteroatoms. The zero-order chi connectivity index (χ0) is 7.28. The number of nitrogens with two attached hydrogens (primary N) is 3. The number of nitriles is 1. The van der Waals surface area contributed by atoms with E-state index in [1.807, 2.05) is 0 Å². The van der Waals surface area contributed by atoms with Gasteiger partial charge in [0, 0.05) is 0 Å². The average Bonchev–Trinajstić information content (AvgIpc) is 1.83. The first kappa shape index (κ1) is 7.37. The van der Waals surface area contributed by atoms with E-state index in [9.17, 15) is 0 Å². The molecular formula is C5H8N4. The van der Waals surface area contributed by atoms with Gasteiger partial charge >= 0.3 is 0 Å². The monoisotopic (exact) mass is 124 g/mol. The molecule has 0 unspecified atom stereocenters. The number of rotatable bonds is 1. The van der Waals surface area contributed by atoms with Crippen LogP contribution in [0.3, 0.4) is 0 Å². The molecule has 0 saturated heterocycles. The van der Waals surface area contributed by atoms with Crippen LogP contribution in [0.15, 0.2) is 23.7 Å². The maximum absolute atomic E-state index is 8.09. The molecule has 0 spiro atoms. The van der Waals surface area contributed by atoms with E-state index in [1.165, 1.54) is 12.2 Å². The molecule has 4 nitrogen and oxygen atoms in total. The summed E-state index contributed by atoms with van der Waals surface area (Å²) in [5.41, 5.74) is 15.2. The lowest BCUT2D eigenvalue weighted by Gasteiger charge is -1.84. The van der Waals surface area contributed by atoms with E-state index >= 15 is 0 Å². The molecule has 0 aliphatic carbocycles. The molecule has 0 aliphatic heterocycles. The zero-order valence-corrected chi connectivity index (χ0v) is 4.83. The predicted molar refractivity (Wildman–Crippen MR) is 34.3 cm³/mol. The maximum Gasteiger partial charge on any atom is 0.117 e. The molecule has 0 saturated carbocycles. The van der Waals surface area contributed by atoms with Gasteiger partial charge in [0.25, 0.3) is 0 Å². The molecule has 0 atom stereocenters. The Morgan fingerprint density at radius 2 is 1.78 bits per heavy atom. The smallest absolute Gasteiger partial charge is 0.117 e. The summed E-state index contributed by atoms with van der Waals surface area (Å²) in [6.07, 6.45) is 2.70. The fourth-order valence-electron chi connectivity index (χ4n) is 0.223. The standard InChI is InChI=1S/C5H8N4/c6-3-4(7)1-2-5(8)9/h1-2H,7-9H2/b4-1-. The highest BCUT2D eigenvalue weighted by molar-refractivity contribution is 5.22. The van der Waals surface area contributed by atoms with Gasteiger partial charge in [0.2, 0.25) is 0 Å². The molecule has 6 N–H and O–H groups in total. The van der Waals surface area contributed by atoms with E-state index in [0.717, 1.165) is 0 Å². The summed E-state index contributed by atoms with van der Waals surface area (Å²) in [6, 6.07) is 1.70. The van der Waals surface area contributed by atoms with Gasteiger partial charge in [-0.3, -0.25) is 0 Å². The quantitative estimate of drug-likeness (QED) is 0.311. The Hall–Kier alpha value is -1.63. The normalized spacial score (nSPS) is 9.89. The highest BCUT2D eigenvalue weighted by Crippen LogP contribution is 1.80. The summed E-state index contributed by atoms with van der Waals surface area (Å²) in [7, 11) is 0. The van der Waals surface area contributed by atoms with Crippen molar-refractivity contribution >= 4 is 0 Å². The van der Waals surface area contributed by atoms with Gasteiger partial charge < -0.3 is 17.2 Å². The average molecular weight is 124 g/mol. The molecule has 0 fully saturated rings. The summed E-state index contributed by atoms with van der Waals surface area (Å²) in [5.74, 6) is 0.133. The first-order chi connectivity index (χ1) is 4.16. The largest absolute Gasteiger partial charge is 0.390 e. The van der Waals surface area contributed by atoms with Crippen molar-refractivity contribution in [2.75, 3.05) is 0 Å². The number of hydrogen-bond donors (Lipinski definition) is 3. The van der Waals surface area contributed by atoms with Crippen molar-refractivity contribution < 1.29 is 0 Å². The third-order valence-electron chi connectivity index (χ3n) is 0.584. The molecular weight excluding hydrogens is 116 g/mol. The highest BCUT2D eigenvalue weighted by atomic mass is 14.8. The lowest BCUT2D eigenvalue weighted by atomic mass is 10.4. The number of nitrogens with zero attached hydrogens (tertiary/aromatic N) is 1. The van der Waals surface area contributed by atoms with Crippen LogP contribution in [0.1, 0.15) is 0 Å². The molecule has 0 bridgehead atoms. The van der Waals surface area contributed by atoms with Crippen LogP contribution >= 0.6 is 0 Å². The zero-order valence-electron chi connectivity index (χ0n) is 4.83. The summed E-state index contributed by atoms with van der Waals surface area (Å²) >= 11 is 0. The molecule has 0 aromatic rings. The summed E-state index contributed by atoms with van der Waals surface area (Å²) < 4.78 is 0. The summed E-state index contributed by atoms with van der Waals surface area (Å²) in [4.78, 5) is 0. The molecule has 0 amide bonds. The minimum atomic E-state index is 0.0865. The highest BCUT2D eigenvalue weighted by Gasteiger charge is 1.78. The summed E-state index contributed by atoms with van der Waals surface area (Å²) in [5, 5.41) is 8.09. The number of allylic oxidation sites excluding steroid dienone is 3. The van der Waals surface area contributed by atoms with Crippen molar-refractivity contribution in [2.45, 2.75) is 0 Å². The van der Waals surface area contributed by atoms with E-state index in [1.54, 1.807) is 6.07 Å². The molecule has 48 valence electrons. The second-order valence-corrected chi connectivity index (χ2v) is 1.40. The van der Waals surface area contributed by atoms with Crippen molar-refractivity contribution in [3.63, 3.8) is 0 Å². The third kappa shape index (κ3) is 4.22. The van der Waals surface area contributed by atoms with Gasteiger partial charge in [-0.2, -0.15) is 5.26 Å². The van der Waals surface area contributed by atoms with Gasteiger partial charge in [-0.05, 0) is 12.2 Å². The summed E-state index contributed by atoms with van der Waals surface area (Å²) in [6.45, 7) is 0. The first-order valence-corrected chi connectivity index (χ1v) is 2.25. The molecule has 9 heavy (non-hydrogen) atoms. The van der Waals surface area contributed by atoms with Crippen molar-refractivity contribution in [1.29, 1.82) is 5.26 Å². The minimum Gasteiger partial charge on any atom is -0.390 e. The molecule has 0 aromatic carbocycles. The van der Waals surface area contributed by atoms with Crippen LogP contribution in [0.2, 0.25) is 0 Å². The van der Waals surface area contributed by atoms with Crippen LogP contribution in [0.25, 0.3) is 0 Å². The SMILES string of the molecule is N#C/C(N)=C/C=C(N)N. The van der Waals surface area contributed by atoms with Crippen LogP contribution < -0.4 is 17.2 Å². The predicted octanol–water partition coefficient (Wildman–Crippen LogP) is -0.889. The Morgan fingerprint density at radius 1 is 1.22 bits per heavy atom. The molecule has 0 heterocycles.